The van der Waals surface area contributed by atoms with Crippen molar-refractivity contribution >= 4 is 0 Å². The maximum Gasteiger partial charge on any atom is 0.0282 e. The second-order valence-corrected chi connectivity index (χ2v) is 4.39. The Bertz CT molecular complexity index is 209. The third-order valence-corrected chi connectivity index (χ3v) is 3.92. The summed E-state index contributed by atoms with van der Waals surface area (Å²) in [5.41, 5.74) is 1.98. The summed E-state index contributed by atoms with van der Waals surface area (Å²) >= 11 is 0. The van der Waals surface area contributed by atoms with Gasteiger partial charge in [0.25, 0.3) is 0 Å². The molecule has 0 N–H and O–H groups in total. The minimum Gasteiger partial charge on any atom is -0.291 e. The minimum atomic E-state index is 0.524. The Balaban J connectivity index is 0.000000461. The number of nitrogens with zero attached hydrogens (tertiary/aromatic N) is 1. The first-order valence-electron chi connectivity index (χ1n) is 6.14. The SMILES string of the molecule is C=C1C[C@]2(CC)CCCN2[C@@H]1C.CC. The number of hydrogen-bond acceptors (Lipinski definition) is 1. The van der Waals surface area contributed by atoms with Gasteiger partial charge in [-0.1, -0.05) is 32.9 Å². The molecule has 0 aromatic heterocycles. The lowest BCUT2D eigenvalue weighted by molar-refractivity contribution is 0.155. The van der Waals surface area contributed by atoms with Crippen LogP contribution in [0.3, 0.4) is 0 Å². The fourth-order valence-corrected chi connectivity index (χ4v) is 3.05. The van der Waals surface area contributed by atoms with E-state index in [1.54, 1.807) is 0 Å². The van der Waals surface area contributed by atoms with Crippen LogP contribution in [0.15, 0.2) is 12.2 Å². The summed E-state index contributed by atoms with van der Waals surface area (Å²) in [6, 6.07) is 0.646. The lowest BCUT2D eigenvalue weighted by atomic mass is 9.90. The van der Waals surface area contributed by atoms with E-state index < -0.39 is 0 Å². The van der Waals surface area contributed by atoms with Crippen molar-refractivity contribution in [3.05, 3.63) is 12.2 Å². The Morgan fingerprint density at radius 3 is 2.64 bits per heavy atom. The van der Waals surface area contributed by atoms with E-state index in [1.165, 1.54) is 37.8 Å². The first-order valence-corrected chi connectivity index (χ1v) is 6.14. The van der Waals surface area contributed by atoms with Gasteiger partial charge < -0.3 is 0 Å². The molecule has 0 aromatic carbocycles. The molecule has 14 heavy (non-hydrogen) atoms. The van der Waals surface area contributed by atoms with Crippen LogP contribution in [0, 0.1) is 0 Å². The Morgan fingerprint density at radius 2 is 2.14 bits per heavy atom. The van der Waals surface area contributed by atoms with E-state index in [9.17, 15) is 0 Å². The molecule has 1 heteroatoms. The van der Waals surface area contributed by atoms with Gasteiger partial charge in [0.05, 0.1) is 0 Å². The molecule has 2 aliphatic rings. The lowest BCUT2D eigenvalue weighted by Gasteiger charge is -2.32. The van der Waals surface area contributed by atoms with Crippen molar-refractivity contribution in [1.82, 2.24) is 4.90 Å². The number of rotatable bonds is 1. The molecule has 2 fully saturated rings. The minimum absolute atomic E-state index is 0.524. The van der Waals surface area contributed by atoms with Crippen molar-refractivity contribution in [2.75, 3.05) is 6.54 Å². The highest BCUT2D eigenvalue weighted by Gasteiger charge is 2.47. The van der Waals surface area contributed by atoms with E-state index in [0.717, 1.165) is 0 Å². The normalized spacial score (nSPS) is 36.6. The average molecular weight is 195 g/mol. The van der Waals surface area contributed by atoms with Crippen molar-refractivity contribution in [1.29, 1.82) is 0 Å². The fraction of sp³-hybridized carbons (Fsp3) is 0.846. The maximum absolute atomic E-state index is 4.17. The van der Waals surface area contributed by atoms with Gasteiger partial charge in [-0.05, 0) is 39.2 Å². The van der Waals surface area contributed by atoms with Gasteiger partial charge >= 0.3 is 0 Å². The van der Waals surface area contributed by atoms with E-state index in [2.05, 4.69) is 25.3 Å². The van der Waals surface area contributed by atoms with Gasteiger partial charge in [-0.3, -0.25) is 4.90 Å². The lowest BCUT2D eigenvalue weighted by Crippen LogP contribution is -2.40. The molecule has 2 atom stereocenters. The third-order valence-electron chi connectivity index (χ3n) is 3.92. The van der Waals surface area contributed by atoms with Crippen molar-refractivity contribution < 1.29 is 0 Å². The van der Waals surface area contributed by atoms with Gasteiger partial charge in [-0.2, -0.15) is 0 Å². The van der Waals surface area contributed by atoms with Gasteiger partial charge in [0.15, 0.2) is 0 Å². The molecular formula is C13H25N. The van der Waals surface area contributed by atoms with Gasteiger partial charge in [-0.15, -0.1) is 0 Å². The molecule has 1 nitrogen and oxygen atoms in total. The molecule has 0 aliphatic carbocycles. The molecule has 82 valence electrons. The molecule has 0 amide bonds. The summed E-state index contributed by atoms with van der Waals surface area (Å²) in [5.74, 6) is 0. The van der Waals surface area contributed by atoms with E-state index >= 15 is 0 Å². The predicted octanol–water partition coefficient (Wildman–Crippen LogP) is 3.61. The van der Waals surface area contributed by atoms with Crippen LogP contribution in [0.4, 0.5) is 0 Å². The fourth-order valence-electron chi connectivity index (χ4n) is 3.05. The van der Waals surface area contributed by atoms with Gasteiger partial charge in [-0.25, -0.2) is 0 Å². The molecule has 2 saturated heterocycles. The van der Waals surface area contributed by atoms with Crippen LogP contribution in [0.5, 0.6) is 0 Å². The van der Waals surface area contributed by atoms with Crippen LogP contribution in [-0.2, 0) is 0 Å². The highest BCUT2D eigenvalue weighted by molar-refractivity contribution is 5.21. The van der Waals surface area contributed by atoms with Crippen molar-refractivity contribution in [3.8, 4) is 0 Å². The molecule has 0 radical (unpaired) electrons. The first kappa shape index (κ1) is 11.8. The molecule has 2 heterocycles. The summed E-state index contributed by atoms with van der Waals surface area (Å²) in [6.07, 6.45) is 5.35. The number of fused-ring (bicyclic) bond motifs is 1. The highest BCUT2D eigenvalue weighted by atomic mass is 15.3. The highest BCUT2D eigenvalue weighted by Crippen LogP contribution is 2.46. The molecular weight excluding hydrogens is 170 g/mol. The Labute approximate surface area is 89.2 Å². The van der Waals surface area contributed by atoms with Crippen molar-refractivity contribution in [2.24, 2.45) is 0 Å². The largest absolute Gasteiger partial charge is 0.291 e. The topological polar surface area (TPSA) is 3.24 Å². The van der Waals surface area contributed by atoms with E-state index in [0.29, 0.717) is 11.6 Å². The monoisotopic (exact) mass is 195 g/mol. The predicted molar refractivity (Wildman–Crippen MR) is 63.5 cm³/mol. The Kier molecular flexibility index (Phi) is 3.77. The van der Waals surface area contributed by atoms with E-state index in [1.807, 2.05) is 13.8 Å². The molecule has 0 unspecified atom stereocenters. The van der Waals surface area contributed by atoms with E-state index in [-0.39, 0.29) is 0 Å². The van der Waals surface area contributed by atoms with E-state index in [4.69, 9.17) is 0 Å². The smallest absolute Gasteiger partial charge is 0.0282 e. The quantitative estimate of drug-likeness (QED) is 0.578. The molecule has 0 aromatic rings. The van der Waals surface area contributed by atoms with Crippen LogP contribution in [-0.4, -0.2) is 23.0 Å². The van der Waals surface area contributed by atoms with Crippen molar-refractivity contribution in [2.45, 2.75) is 65.0 Å². The van der Waals surface area contributed by atoms with Gasteiger partial charge in [0.1, 0.15) is 0 Å². The average Bonchev–Trinajstić information content (AvgIpc) is 2.72. The zero-order chi connectivity index (χ0) is 10.8. The van der Waals surface area contributed by atoms with Crippen molar-refractivity contribution in [3.63, 3.8) is 0 Å². The van der Waals surface area contributed by atoms with Crippen LogP contribution in [0.2, 0.25) is 0 Å². The maximum atomic E-state index is 4.17. The van der Waals surface area contributed by atoms with Gasteiger partial charge in [0, 0.05) is 11.6 Å². The van der Waals surface area contributed by atoms with Crippen LogP contribution in [0.25, 0.3) is 0 Å². The summed E-state index contributed by atoms with van der Waals surface area (Å²) in [5, 5.41) is 0. The molecule has 0 saturated carbocycles. The molecule has 2 rings (SSSR count). The van der Waals surface area contributed by atoms with Crippen LogP contribution < -0.4 is 0 Å². The standard InChI is InChI=1S/C11H19N.C2H6/c1-4-11-6-5-7-12(11)10(3)9(2)8-11;1-2/h10H,2,4-8H2,1,3H3;1-2H3/t10-,11+;/m1./s1. The second-order valence-electron chi connectivity index (χ2n) is 4.39. The second kappa shape index (κ2) is 4.48. The van der Waals surface area contributed by atoms with Gasteiger partial charge in [0.2, 0.25) is 0 Å². The summed E-state index contributed by atoms with van der Waals surface area (Å²) in [7, 11) is 0. The summed E-state index contributed by atoms with van der Waals surface area (Å²) in [6.45, 7) is 14.1. The Morgan fingerprint density at radius 1 is 1.50 bits per heavy atom. The zero-order valence-corrected chi connectivity index (χ0v) is 10.3. The summed E-state index contributed by atoms with van der Waals surface area (Å²) < 4.78 is 0. The Hall–Kier alpha value is -0.300. The summed E-state index contributed by atoms with van der Waals surface area (Å²) in [4.78, 5) is 2.68. The molecule has 2 aliphatic heterocycles. The molecule has 0 bridgehead atoms. The van der Waals surface area contributed by atoms with Crippen LogP contribution >= 0.6 is 0 Å². The van der Waals surface area contributed by atoms with Crippen LogP contribution in [0.1, 0.15) is 53.4 Å². The zero-order valence-electron chi connectivity index (χ0n) is 10.3. The number of hydrogen-bond donors (Lipinski definition) is 0. The first-order chi connectivity index (χ1) is 6.69. The molecule has 0 spiro atoms. The third kappa shape index (κ3) is 1.63.